The highest BCUT2D eigenvalue weighted by atomic mass is 16.5. The van der Waals surface area contributed by atoms with E-state index in [-0.39, 0.29) is 5.91 Å². The minimum atomic E-state index is -0.176. The van der Waals surface area contributed by atoms with E-state index in [1.807, 2.05) is 24.4 Å². The summed E-state index contributed by atoms with van der Waals surface area (Å²) in [5, 5.41) is 4.09. The molecule has 0 aliphatic carbocycles. The fourth-order valence-corrected chi connectivity index (χ4v) is 2.47. The number of hydrogen-bond acceptors (Lipinski definition) is 3. The van der Waals surface area contributed by atoms with E-state index in [1.165, 1.54) is 18.1 Å². The van der Waals surface area contributed by atoms with Crippen molar-refractivity contribution in [1.29, 1.82) is 0 Å². The van der Waals surface area contributed by atoms with Crippen molar-refractivity contribution >= 4 is 16.8 Å². The lowest BCUT2D eigenvalue weighted by molar-refractivity contribution is 0.0950. The maximum Gasteiger partial charge on any atom is 0.256 e. The number of para-hydroxylation sites is 1. The number of H-pyrrole nitrogens is 1. The standard InChI is InChI=1S/C17H17N3O2/c1-22-17-14(6-4-9-19-17)16(21)18-10-8-12-11-20-15-7-3-2-5-13(12)15/h2-7,9,11,20H,8,10H2,1H3,(H,18,21). The Balaban J connectivity index is 1.64. The van der Waals surface area contributed by atoms with Crippen LogP contribution >= 0.6 is 0 Å². The highest BCUT2D eigenvalue weighted by Gasteiger charge is 2.12. The van der Waals surface area contributed by atoms with Gasteiger partial charge in [0.25, 0.3) is 5.91 Å². The predicted octanol–water partition coefficient (Wildman–Crippen LogP) is 2.54. The lowest BCUT2D eigenvalue weighted by Gasteiger charge is -2.07. The molecular weight excluding hydrogens is 278 g/mol. The van der Waals surface area contributed by atoms with Gasteiger partial charge in [0.2, 0.25) is 5.88 Å². The van der Waals surface area contributed by atoms with Gasteiger partial charge in [0.05, 0.1) is 7.11 Å². The Hall–Kier alpha value is -2.82. The minimum Gasteiger partial charge on any atom is -0.480 e. The minimum absolute atomic E-state index is 0.176. The second-order valence-electron chi connectivity index (χ2n) is 4.93. The van der Waals surface area contributed by atoms with Crippen molar-refractivity contribution in [1.82, 2.24) is 15.3 Å². The number of hydrogen-bond donors (Lipinski definition) is 2. The fourth-order valence-electron chi connectivity index (χ4n) is 2.47. The van der Waals surface area contributed by atoms with Crippen LogP contribution in [0.4, 0.5) is 0 Å². The molecule has 22 heavy (non-hydrogen) atoms. The van der Waals surface area contributed by atoms with E-state index >= 15 is 0 Å². The van der Waals surface area contributed by atoms with Crippen LogP contribution in [0.15, 0.2) is 48.8 Å². The summed E-state index contributed by atoms with van der Waals surface area (Å²) in [6.45, 7) is 0.554. The number of nitrogens with one attached hydrogen (secondary N) is 2. The molecule has 0 unspecified atom stereocenters. The molecule has 0 saturated heterocycles. The van der Waals surface area contributed by atoms with Gasteiger partial charge in [-0.2, -0.15) is 0 Å². The van der Waals surface area contributed by atoms with Crippen molar-refractivity contribution in [3.05, 3.63) is 59.9 Å². The SMILES string of the molecule is COc1ncccc1C(=O)NCCc1c[nH]c2ccccc12. The van der Waals surface area contributed by atoms with Gasteiger partial charge in [0.1, 0.15) is 5.56 Å². The summed E-state index contributed by atoms with van der Waals surface area (Å²) in [5.74, 6) is 0.164. The lowest BCUT2D eigenvalue weighted by atomic mass is 10.1. The largest absolute Gasteiger partial charge is 0.480 e. The average Bonchev–Trinajstić information content (AvgIpc) is 2.98. The quantitative estimate of drug-likeness (QED) is 0.760. The molecule has 0 atom stereocenters. The second kappa shape index (κ2) is 6.30. The number of methoxy groups -OCH3 is 1. The van der Waals surface area contributed by atoms with Crippen LogP contribution in [-0.4, -0.2) is 29.5 Å². The number of aromatic nitrogens is 2. The van der Waals surface area contributed by atoms with Crippen LogP contribution in [0.2, 0.25) is 0 Å². The van der Waals surface area contributed by atoms with Gasteiger partial charge in [-0.1, -0.05) is 18.2 Å². The zero-order valence-corrected chi connectivity index (χ0v) is 12.3. The number of aromatic amines is 1. The molecule has 3 rings (SSSR count). The van der Waals surface area contributed by atoms with Gasteiger partial charge >= 0.3 is 0 Å². The van der Waals surface area contributed by atoms with Crippen molar-refractivity contribution in [2.75, 3.05) is 13.7 Å². The molecule has 112 valence electrons. The zero-order valence-electron chi connectivity index (χ0n) is 12.3. The summed E-state index contributed by atoms with van der Waals surface area (Å²) in [5.41, 5.74) is 2.75. The van der Waals surface area contributed by atoms with Crippen LogP contribution in [0, 0.1) is 0 Å². The smallest absolute Gasteiger partial charge is 0.256 e. The van der Waals surface area contributed by atoms with Crippen LogP contribution in [0.1, 0.15) is 15.9 Å². The normalized spacial score (nSPS) is 10.6. The van der Waals surface area contributed by atoms with E-state index in [2.05, 4.69) is 21.4 Å². The van der Waals surface area contributed by atoms with Gasteiger partial charge < -0.3 is 15.0 Å². The molecule has 1 aromatic carbocycles. The van der Waals surface area contributed by atoms with Crippen LogP contribution in [0.3, 0.4) is 0 Å². The number of fused-ring (bicyclic) bond motifs is 1. The number of pyridine rings is 1. The van der Waals surface area contributed by atoms with Gasteiger partial charge in [0.15, 0.2) is 0 Å². The number of benzene rings is 1. The summed E-state index contributed by atoms with van der Waals surface area (Å²) in [4.78, 5) is 19.4. The first-order valence-electron chi connectivity index (χ1n) is 7.12. The van der Waals surface area contributed by atoms with Crippen molar-refractivity contribution in [3.8, 4) is 5.88 Å². The Bertz CT molecular complexity index is 795. The average molecular weight is 295 g/mol. The first-order chi connectivity index (χ1) is 10.8. The summed E-state index contributed by atoms with van der Waals surface area (Å²) >= 11 is 0. The van der Waals surface area contributed by atoms with Gasteiger partial charge in [-0.15, -0.1) is 0 Å². The Morgan fingerprint density at radius 3 is 3.00 bits per heavy atom. The van der Waals surface area contributed by atoms with Crippen LogP contribution in [-0.2, 0) is 6.42 Å². The third kappa shape index (κ3) is 2.79. The molecule has 1 amide bonds. The molecular formula is C17H17N3O2. The molecule has 0 bridgehead atoms. The maximum atomic E-state index is 12.2. The van der Waals surface area contributed by atoms with E-state index in [4.69, 9.17) is 4.74 Å². The third-order valence-electron chi connectivity index (χ3n) is 3.56. The topological polar surface area (TPSA) is 67.0 Å². The first-order valence-corrected chi connectivity index (χ1v) is 7.12. The van der Waals surface area contributed by atoms with Crippen molar-refractivity contribution in [2.45, 2.75) is 6.42 Å². The van der Waals surface area contributed by atoms with Crippen molar-refractivity contribution < 1.29 is 9.53 Å². The Morgan fingerprint density at radius 1 is 1.27 bits per heavy atom. The molecule has 2 aromatic heterocycles. The lowest BCUT2D eigenvalue weighted by Crippen LogP contribution is -2.26. The second-order valence-corrected chi connectivity index (χ2v) is 4.93. The number of carbonyl (C=O) groups excluding carboxylic acids is 1. The van der Waals surface area contributed by atoms with Gasteiger partial charge in [-0.05, 0) is 30.2 Å². The first kappa shape index (κ1) is 14.1. The maximum absolute atomic E-state index is 12.2. The Labute approximate surface area is 128 Å². The van der Waals surface area contributed by atoms with E-state index in [1.54, 1.807) is 18.3 Å². The Kier molecular flexibility index (Phi) is 4.05. The molecule has 0 aliphatic rings. The van der Waals surface area contributed by atoms with Crippen molar-refractivity contribution in [2.24, 2.45) is 0 Å². The summed E-state index contributed by atoms with van der Waals surface area (Å²) < 4.78 is 5.10. The molecule has 5 heteroatoms. The summed E-state index contributed by atoms with van der Waals surface area (Å²) in [6, 6.07) is 11.5. The fraction of sp³-hybridized carbons (Fsp3) is 0.176. The number of rotatable bonds is 5. The number of ether oxygens (including phenoxy) is 1. The molecule has 0 saturated carbocycles. The molecule has 5 nitrogen and oxygen atoms in total. The number of nitrogens with zero attached hydrogens (tertiary/aromatic N) is 1. The van der Waals surface area contributed by atoms with Crippen molar-refractivity contribution in [3.63, 3.8) is 0 Å². The molecule has 0 spiro atoms. The Morgan fingerprint density at radius 2 is 2.14 bits per heavy atom. The molecule has 0 radical (unpaired) electrons. The highest BCUT2D eigenvalue weighted by molar-refractivity contribution is 5.96. The number of carbonyl (C=O) groups is 1. The summed E-state index contributed by atoms with van der Waals surface area (Å²) in [6.07, 6.45) is 4.35. The molecule has 3 aromatic rings. The molecule has 2 heterocycles. The van der Waals surface area contributed by atoms with Crippen LogP contribution in [0.25, 0.3) is 10.9 Å². The van der Waals surface area contributed by atoms with E-state index in [9.17, 15) is 4.79 Å². The van der Waals surface area contributed by atoms with Gasteiger partial charge in [-0.3, -0.25) is 4.79 Å². The van der Waals surface area contributed by atoms with E-state index < -0.39 is 0 Å². The van der Waals surface area contributed by atoms with Gasteiger partial charge in [0, 0.05) is 29.8 Å². The third-order valence-corrected chi connectivity index (χ3v) is 3.56. The van der Waals surface area contributed by atoms with Crippen LogP contribution < -0.4 is 10.1 Å². The van der Waals surface area contributed by atoms with Crippen LogP contribution in [0.5, 0.6) is 5.88 Å². The van der Waals surface area contributed by atoms with Gasteiger partial charge in [-0.25, -0.2) is 4.98 Å². The monoisotopic (exact) mass is 295 g/mol. The predicted molar refractivity (Wildman–Crippen MR) is 85.1 cm³/mol. The molecule has 2 N–H and O–H groups in total. The highest BCUT2D eigenvalue weighted by Crippen LogP contribution is 2.18. The molecule has 0 fully saturated rings. The molecule has 0 aliphatic heterocycles. The zero-order chi connectivity index (χ0) is 15.4. The van der Waals surface area contributed by atoms with E-state index in [0.717, 1.165) is 11.9 Å². The summed E-state index contributed by atoms with van der Waals surface area (Å²) in [7, 11) is 1.51. The van der Waals surface area contributed by atoms with E-state index in [0.29, 0.717) is 18.0 Å². The number of amides is 1.